The van der Waals surface area contributed by atoms with E-state index in [0.717, 1.165) is 0 Å². The molecule has 0 saturated carbocycles. The number of carbonyl (C=O) groups excluding carboxylic acids is 1. The van der Waals surface area contributed by atoms with Gasteiger partial charge in [-0.25, -0.2) is 0 Å². The molecule has 106 valence electrons. The molecule has 0 bridgehead atoms. The summed E-state index contributed by atoms with van der Waals surface area (Å²) in [4.78, 5) is 13.5. The third kappa shape index (κ3) is 4.55. The summed E-state index contributed by atoms with van der Waals surface area (Å²) in [6, 6.07) is 5.13. The lowest BCUT2D eigenvalue weighted by atomic mass is 10.1. The number of hydrogen-bond donors (Lipinski definition) is 2. The molecule has 5 nitrogen and oxygen atoms in total. The second kappa shape index (κ2) is 7.13. The number of hydrogen-bond acceptors (Lipinski definition) is 4. The molecule has 0 aliphatic heterocycles. The quantitative estimate of drug-likeness (QED) is 0.768. The van der Waals surface area contributed by atoms with Gasteiger partial charge >= 0.3 is 0 Å². The van der Waals surface area contributed by atoms with Crippen molar-refractivity contribution < 1.29 is 9.00 Å². The second-order valence-electron chi connectivity index (χ2n) is 4.36. The van der Waals surface area contributed by atoms with Gasteiger partial charge in [0.25, 0.3) is 5.91 Å². The van der Waals surface area contributed by atoms with E-state index in [4.69, 9.17) is 5.73 Å². The first-order chi connectivity index (χ1) is 8.95. The minimum absolute atomic E-state index is 0.0842. The van der Waals surface area contributed by atoms with Gasteiger partial charge in [0.15, 0.2) is 0 Å². The van der Waals surface area contributed by atoms with E-state index in [-0.39, 0.29) is 5.91 Å². The number of nitrogens with two attached hydrogens (primary N) is 1. The van der Waals surface area contributed by atoms with Crippen molar-refractivity contribution in [2.45, 2.75) is 6.92 Å². The molecule has 1 aromatic rings. The largest absolute Gasteiger partial charge is 0.399 e. The van der Waals surface area contributed by atoms with Crippen LogP contribution in [-0.4, -0.2) is 47.2 Å². The third-order valence-electron chi connectivity index (χ3n) is 2.65. The van der Waals surface area contributed by atoms with Gasteiger partial charge in [-0.1, -0.05) is 6.92 Å². The highest BCUT2D eigenvalue weighted by molar-refractivity contribution is 7.84. The van der Waals surface area contributed by atoms with E-state index < -0.39 is 10.8 Å². The molecule has 0 aliphatic rings. The molecule has 6 heteroatoms. The summed E-state index contributed by atoms with van der Waals surface area (Å²) < 4.78 is 11.4. The number of anilines is 2. The van der Waals surface area contributed by atoms with Crippen LogP contribution in [-0.2, 0) is 10.8 Å². The number of amides is 1. The highest BCUT2D eigenvalue weighted by atomic mass is 32.2. The van der Waals surface area contributed by atoms with Crippen LogP contribution in [0, 0.1) is 0 Å². The Morgan fingerprint density at radius 3 is 2.68 bits per heavy atom. The summed E-state index contributed by atoms with van der Waals surface area (Å²) in [6.07, 6.45) is 0. The maximum Gasteiger partial charge on any atom is 0.255 e. The van der Waals surface area contributed by atoms with Crippen LogP contribution in [0.5, 0.6) is 0 Å². The molecule has 0 saturated heterocycles. The number of rotatable bonds is 6. The highest BCUT2D eigenvalue weighted by Crippen LogP contribution is 2.20. The van der Waals surface area contributed by atoms with E-state index in [1.807, 2.05) is 6.92 Å². The zero-order valence-corrected chi connectivity index (χ0v) is 12.4. The molecule has 1 atom stereocenters. The molecule has 3 N–H and O–H groups in total. The topological polar surface area (TPSA) is 75.4 Å². The van der Waals surface area contributed by atoms with Gasteiger partial charge in [-0.3, -0.25) is 9.00 Å². The highest BCUT2D eigenvalue weighted by Gasteiger charge is 2.13. The Bertz CT molecular complexity index is 475. The molecular weight excluding hydrogens is 262 g/mol. The van der Waals surface area contributed by atoms with E-state index in [9.17, 15) is 9.00 Å². The van der Waals surface area contributed by atoms with Gasteiger partial charge in [0.2, 0.25) is 0 Å². The average molecular weight is 283 g/mol. The lowest BCUT2D eigenvalue weighted by molar-refractivity contribution is 0.0828. The zero-order valence-electron chi connectivity index (χ0n) is 11.6. The lowest BCUT2D eigenvalue weighted by Gasteiger charge is -2.15. The van der Waals surface area contributed by atoms with Crippen molar-refractivity contribution in [2.75, 3.05) is 43.2 Å². The fraction of sp³-hybridized carbons (Fsp3) is 0.462. The van der Waals surface area contributed by atoms with Crippen LogP contribution in [0.2, 0.25) is 0 Å². The molecule has 0 aromatic heterocycles. The maximum atomic E-state index is 12.0. The van der Waals surface area contributed by atoms with Gasteiger partial charge in [-0.15, -0.1) is 0 Å². The Kier molecular flexibility index (Phi) is 5.82. The standard InChI is InChI=1S/C13H21N3O2S/c1-4-19(18)8-7-15-12-9-10(14)5-6-11(12)13(17)16(2)3/h5-6,9,15H,4,7-8,14H2,1-3H3. The number of nitrogen functional groups attached to an aromatic ring is 1. The van der Waals surface area contributed by atoms with Crippen molar-refractivity contribution in [2.24, 2.45) is 0 Å². The van der Waals surface area contributed by atoms with Crippen LogP contribution in [0.1, 0.15) is 17.3 Å². The fourth-order valence-electron chi connectivity index (χ4n) is 1.58. The van der Waals surface area contributed by atoms with Crippen molar-refractivity contribution in [3.63, 3.8) is 0 Å². The Balaban J connectivity index is 2.83. The van der Waals surface area contributed by atoms with Crippen LogP contribution in [0.3, 0.4) is 0 Å². The summed E-state index contributed by atoms with van der Waals surface area (Å²) in [7, 11) is 2.58. The second-order valence-corrected chi connectivity index (χ2v) is 6.23. The number of carbonyl (C=O) groups is 1. The molecule has 1 rings (SSSR count). The molecule has 0 heterocycles. The number of nitrogens with one attached hydrogen (secondary N) is 1. The van der Waals surface area contributed by atoms with Gasteiger partial charge in [-0.05, 0) is 18.2 Å². The normalized spacial score (nSPS) is 11.9. The predicted octanol–water partition coefficient (Wildman–Crippen LogP) is 1.15. The average Bonchev–Trinajstić information content (AvgIpc) is 2.37. The first-order valence-electron chi connectivity index (χ1n) is 6.15. The van der Waals surface area contributed by atoms with E-state index >= 15 is 0 Å². The molecule has 0 radical (unpaired) electrons. The monoisotopic (exact) mass is 283 g/mol. The van der Waals surface area contributed by atoms with E-state index in [0.29, 0.717) is 35.0 Å². The van der Waals surface area contributed by atoms with Crippen molar-refractivity contribution >= 4 is 28.1 Å². The van der Waals surface area contributed by atoms with Gasteiger partial charge in [0, 0.05) is 54.3 Å². The van der Waals surface area contributed by atoms with Crippen molar-refractivity contribution in [1.29, 1.82) is 0 Å². The summed E-state index contributed by atoms with van der Waals surface area (Å²) in [5.41, 5.74) is 7.59. The summed E-state index contributed by atoms with van der Waals surface area (Å²) in [5.74, 6) is 1.11. The Morgan fingerprint density at radius 2 is 2.11 bits per heavy atom. The van der Waals surface area contributed by atoms with Gasteiger partial charge in [-0.2, -0.15) is 0 Å². The first-order valence-corrected chi connectivity index (χ1v) is 7.64. The third-order valence-corrected chi connectivity index (χ3v) is 3.95. The predicted molar refractivity (Wildman–Crippen MR) is 80.9 cm³/mol. The minimum atomic E-state index is -0.821. The van der Waals surface area contributed by atoms with E-state index in [2.05, 4.69) is 5.32 Å². The van der Waals surface area contributed by atoms with Crippen LogP contribution in [0.15, 0.2) is 18.2 Å². The molecule has 0 aliphatic carbocycles. The van der Waals surface area contributed by atoms with Crippen LogP contribution < -0.4 is 11.1 Å². The first kappa shape index (κ1) is 15.5. The molecule has 1 unspecified atom stereocenters. The van der Waals surface area contributed by atoms with E-state index in [1.165, 1.54) is 4.90 Å². The fourth-order valence-corrected chi connectivity index (χ4v) is 2.20. The minimum Gasteiger partial charge on any atom is -0.399 e. The number of nitrogens with zero attached hydrogens (tertiary/aromatic N) is 1. The molecule has 1 amide bonds. The Morgan fingerprint density at radius 1 is 1.42 bits per heavy atom. The number of benzene rings is 1. The lowest BCUT2D eigenvalue weighted by Crippen LogP contribution is -2.23. The van der Waals surface area contributed by atoms with Gasteiger partial charge < -0.3 is 16.0 Å². The molecular formula is C13H21N3O2S. The molecule has 1 aromatic carbocycles. The van der Waals surface area contributed by atoms with Gasteiger partial charge in [0.05, 0.1) is 5.56 Å². The van der Waals surface area contributed by atoms with Crippen molar-refractivity contribution in [3.05, 3.63) is 23.8 Å². The maximum absolute atomic E-state index is 12.0. The van der Waals surface area contributed by atoms with Crippen LogP contribution in [0.25, 0.3) is 0 Å². The smallest absolute Gasteiger partial charge is 0.255 e. The summed E-state index contributed by atoms with van der Waals surface area (Å²) in [5, 5.41) is 3.13. The summed E-state index contributed by atoms with van der Waals surface area (Å²) in [6.45, 7) is 2.44. The van der Waals surface area contributed by atoms with Crippen molar-refractivity contribution in [3.8, 4) is 0 Å². The Hall–Kier alpha value is -1.56. The molecule has 19 heavy (non-hydrogen) atoms. The van der Waals surface area contributed by atoms with Crippen LogP contribution in [0.4, 0.5) is 11.4 Å². The van der Waals surface area contributed by atoms with Gasteiger partial charge in [0.1, 0.15) is 0 Å². The van der Waals surface area contributed by atoms with Crippen molar-refractivity contribution in [1.82, 2.24) is 4.90 Å². The van der Waals surface area contributed by atoms with Crippen LogP contribution >= 0.6 is 0 Å². The molecule has 0 spiro atoms. The molecule has 0 fully saturated rings. The van der Waals surface area contributed by atoms with E-state index in [1.54, 1.807) is 32.3 Å². The Labute approximate surface area is 116 Å². The summed E-state index contributed by atoms with van der Waals surface area (Å²) >= 11 is 0. The zero-order chi connectivity index (χ0) is 14.4. The SMILES string of the molecule is CCS(=O)CCNc1cc(N)ccc1C(=O)N(C)C.